The number of carbonyl (C=O) groups excluding carboxylic acids is 1. The number of nitrogens with one attached hydrogen (secondary N) is 1. The number of nitrogen functional groups attached to an aromatic ring is 1. The molecule has 1 amide bonds. The number of piperazine rings is 1. The number of carbonyl (C=O) groups is 1. The molecule has 2 rings (SSSR count). The molecule has 0 unspecified atom stereocenters. The van der Waals surface area contributed by atoms with Crippen molar-refractivity contribution in [2.24, 2.45) is 0 Å². The highest BCUT2D eigenvalue weighted by molar-refractivity contribution is 5.90. The van der Waals surface area contributed by atoms with Crippen molar-refractivity contribution < 1.29 is 4.79 Å². The van der Waals surface area contributed by atoms with Gasteiger partial charge in [0.15, 0.2) is 0 Å². The van der Waals surface area contributed by atoms with Crippen LogP contribution in [0.1, 0.15) is 20.3 Å². The molecule has 0 saturated carbocycles. The third-order valence-corrected chi connectivity index (χ3v) is 4.25. The summed E-state index contributed by atoms with van der Waals surface area (Å²) in [5, 5.41) is 2.91. The van der Waals surface area contributed by atoms with Crippen molar-refractivity contribution in [2.75, 3.05) is 44.3 Å². The van der Waals surface area contributed by atoms with E-state index in [9.17, 15) is 4.79 Å². The van der Waals surface area contributed by atoms with Crippen molar-refractivity contribution in [3.05, 3.63) is 24.3 Å². The molecular formula is C16H26N4O. The Morgan fingerprint density at radius 3 is 2.57 bits per heavy atom. The minimum atomic E-state index is 0.0523. The van der Waals surface area contributed by atoms with Crippen LogP contribution in [0.5, 0.6) is 0 Å². The van der Waals surface area contributed by atoms with Crippen LogP contribution in [-0.4, -0.2) is 54.5 Å². The highest BCUT2D eigenvalue weighted by atomic mass is 16.1. The third-order valence-electron chi connectivity index (χ3n) is 4.25. The lowest BCUT2D eigenvalue weighted by Gasteiger charge is -2.45. The molecule has 1 aromatic carbocycles. The number of amides is 1. The number of hydrogen-bond acceptors (Lipinski definition) is 4. The first-order valence-electron chi connectivity index (χ1n) is 7.46. The van der Waals surface area contributed by atoms with Crippen molar-refractivity contribution in [1.82, 2.24) is 9.80 Å². The minimum Gasteiger partial charge on any atom is -0.399 e. The van der Waals surface area contributed by atoms with Crippen LogP contribution in [-0.2, 0) is 4.79 Å². The Bertz CT molecular complexity index is 484. The second-order valence-corrected chi connectivity index (χ2v) is 6.43. The number of rotatable bonds is 4. The van der Waals surface area contributed by atoms with Gasteiger partial charge in [-0.2, -0.15) is 0 Å². The average molecular weight is 290 g/mol. The summed E-state index contributed by atoms with van der Waals surface area (Å²) in [5.74, 6) is 0.0523. The van der Waals surface area contributed by atoms with Gasteiger partial charge in [0.2, 0.25) is 5.91 Å². The number of nitrogens with two attached hydrogens (primary N) is 1. The van der Waals surface area contributed by atoms with E-state index in [1.165, 1.54) is 0 Å². The number of benzene rings is 1. The van der Waals surface area contributed by atoms with Gasteiger partial charge in [-0.25, -0.2) is 0 Å². The summed E-state index contributed by atoms with van der Waals surface area (Å²) in [4.78, 5) is 16.7. The van der Waals surface area contributed by atoms with Crippen molar-refractivity contribution in [2.45, 2.75) is 25.8 Å². The molecule has 1 aliphatic rings. The van der Waals surface area contributed by atoms with Gasteiger partial charge in [-0.1, -0.05) is 0 Å². The maximum absolute atomic E-state index is 12.0. The zero-order valence-corrected chi connectivity index (χ0v) is 13.2. The average Bonchev–Trinajstić information content (AvgIpc) is 2.42. The lowest BCUT2D eigenvalue weighted by molar-refractivity contribution is -0.116. The second kappa shape index (κ2) is 6.45. The maximum atomic E-state index is 12.0. The van der Waals surface area contributed by atoms with Crippen LogP contribution in [0.15, 0.2) is 24.3 Å². The molecule has 0 aliphatic carbocycles. The minimum absolute atomic E-state index is 0.0523. The lowest BCUT2D eigenvalue weighted by Crippen LogP contribution is -2.57. The highest BCUT2D eigenvalue weighted by Gasteiger charge is 2.30. The molecule has 5 heteroatoms. The molecule has 5 nitrogen and oxygen atoms in total. The number of likely N-dealkylation sites (N-methyl/N-ethyl adjacent to an activating group) is 1. The Morgan fingerprint density at radius 1 is 1.29 bits per heavy atom. The summed E-state index contributed by atoms with van der Waals surface area (Å²) in [6, 6.07) is 7.23. The fourth-order valence-electron chi connectivity index (χ4n) is 2.58. The Kier molecular flexibility index (Phi) is 4.85. The summed E-state index contributed by atoms with van der Waals surface area (Å²) in [6.45, 7) is 8.36. The van der Waals surface area contributed by atoms with Crippen LogP contribution in [0.2, 0.25) is 0 Å². The molecule has 0 bridgehead atoms. The number of anilines is 2. The monoisotopic (exact) mass is 290 g/mol. The number of hydrogen-bond donors (Lipinski definition) is 2. The summed E-state index contributed by atoms with van der Waals surface area (Å²) in [5.41, 5.74) is 7.30. The van der Waals surface area contributed by atoms with Gasteiger partial charge < -0.3 is 11.1 Å². The molecule has 3 N–H and O–H groups in total. The van der Waals surface area contributed by atoms with E-state index in [-0.39, 0.29) is 11.4 Å². The first-order valence-corrected chi connectivity index (χ1v) is 7.46. The van der Waals surface area contributed by atoms with E-state index in [1.807, 2.05) is 12.1 Å². The Balaban J connectivity index is 1.78. The fourth-order valence-corrected chi connectivity index (χ4v) is 2.58. The van der Waals surface area contributed by atoms with E-state index >= 15 is 0 Å². The Morgan fingerprint density at radius 2 is 1.95 bits per heavy atom. The fraction of sp³-hybridized carbons (Fsp3) is 0.562. The smallest absolute Gasteiger partial charge is 0.225 e. The summed E-state index contributed by atoms with van der Waals surface area (Å²) in [6.07, 6.45) is 0.518. The van der Waals surface area contributed by atoms with Crippen LogP contribution in [0.3, 0.4) is 0 Å². The topological polar surface area (TPSA) is 61.6 Å². The summed E-state index contributed by atoms with van der Waals surface area (Å²) < 4.78 is 0. The van der Waals surface area contributed by atoms with Gasteiger partial charge in [0, 0.05) is 49.5 Å². The van der Waals surface area contributed by atoms with E-state index in [2.05, 4.69) is 36.0 Å². The van der Waals surface area contributed by atoms with Crippen LogP contribution in [0.25, 0.3) is 0 Å². The zero-order chi connectivity index (χ0) is 15.5. The standard InChI is InChI=1S/C16H26N4O/c1-16(2)12-20(11-10-19(16)3)9-8-15(21)18-14-6-4-13(17)5-7-14/h4-7H,8-12,17H2,1-3H3,(H,18,21). The van der Waals surface area contributed by atoms with Gasteiger partial charge in [0.25, 0.3) is 0 Å². The van der Waals surface area contributed by atoms with Crippen LogP contribution >= 0.6 is 0 Å². The summed E-state index contributed by atoms with van der Waals surface area (Å²) >= 11 is 0. The maximum Gasteiger partial charge on any atom is 0.225 e. The molecule has 0 aromatic heterocycles. The molecule has 1 heterocycles. The Hall–Kier alpha value is -1.59. The van der Waals surface area contributed by atoms with Crippen LogP contribution in [0.4, 0.5) is 11.4 Å². The van der Waals surface area contributed by atoms with Gasteiger partial charge >= 0.3 is 0 Å². The molecule has 21 heavy (non-hydrogen) atoms. The van der Waals surface area contributed by atoms with Crippen LogP contribution < -0.4 is 11.1 Å². The quantitative estimate of drug-likeness (QED) is 0.827. The van der Waals surface area contributed by atoms with Crippen LogP contribution in [0, 0.1) is 0 Å². The van der Waals surface area contributed by atoms with E-state index in [0.717, 1.165) is 31.9 Å². The van der Waals surface area contributed by atoms with Gasteiger partial charge in [-0.3, -0.25) is 14.6 Å². The number of nitrogens with zero attached hydrogens (tertiary/aromatic N) is 2. The van der Waals surface area contributed by atoms with Crippen molar-refractivity contribution in [3.8, 4) is 0 Å². The highest BCUT2D eigenvalue weighted by Crippen LogP contribution is 2.19. The normalized spacial score (nSPS) is 19.4. The predicted molar refractivity (Wildman–Crippen MR) is 87.3 cm³/mol. The van der Waals surface area contributed by atoms with Gasteiger partial charge in [-0.05, 0) is 45.2 Å². The molecular weight excluding hydrogens is 264 g/mol. The zero-order valence-electron chi connectivity index (χ0n) is 13.2. The molecule has 0 atom stereocenters. The Labute approximate surface area is 127 Å². The first-order chi connectivity index (χ1) is 9.87. The van der Waals surface area contributed by atoms with E-state index < -0.39 is 0 Å². The van der Waals surface area contributed by atoms with Gasteiger partial charge in [0.05, 0.1) is 0 Å². The van der Waals surface area contributed by atoms with Crippen molar-refractivity contribution >= 4 is 17.3 Å². The molecule has 1 fully saturated rings. The molecule has 0 spiro atoms. The van der Waals surface area contributed by atoms with Gasteiger partial charge in [-0.15, -0.1) is 0 Å². The molecule has 116 valence electrons. The predicted octanol–water partition coefficient (Wildman–Crippen LogP) is 1.62. The van der Waals surface area contributed by atoms with Gasteiger partial charge in [0.1, 0.15) is 0 Å². The molecule has 0 radical (unpaired) electrons. The molecule has 1 aliphatic heterocycles. The van der Waals surface area contributed by atoms with E-state index in [4.69, 9.17) is 5.73 Å². The van der Waals surface area contributed by atoms with Crippen molar-refractivity contribution in [3.63, 3.8) is 0 Å². The summed E-state index contributed by atoms with van der Waals surface area (Å²) in [7, 11) is 2.16. The SMILES string of the molecule is CN1CCN(CCC(=O)Nc2ccc(N)cc2)CC1(C)C. The third kappa shape index (κ3) is 4.44. The lowest BCUT2D eigenvalue weighted by atomic mass is 9.99. The molecule has 1 aromatic rings. The largest absolute Gasteiger partial charge is 0.399 e. The van der Waals surface area contributed by atoms with E-state index in [0.29, 0.717) is 12.1 Å². The van der Waals surface area contributed by atoms with Crippen molar-refractivity contribution in [1.29, 1.82) is 0 Å². The first kappa shape index (κ1) is 15.8. The van der Waals surface area contributed by atoms with E-state index in [1.54, 1.807) is 12.1 Å². The second-order valence-electron chi connectivity index (χ2n) is 6.43. The molecule has 1 saturated heterocycles.